The van der Waals surface area contributed by atoms with Gasteiger partial charge in [-0.3, -0.25) is 9.13 Å². The van der Waals surface area contributed by atoms with E-state index in [4.69, 9.17) is 18.1 Å². The molecule has 0 radical (unpaired) electrons. The minimum atomic E-state index is -3.37. The molecule has 0 saturated carbocycles. The Kier molecular flexibility index (Phi) is 8.70. The zero-order chi connectivity index (χ0) is 17.3. The average Bonchev–Trinajstić information content (AvgIpc) is 2.48. The molecule has 1 aromatic rings. The largest absolute Gasteiger partial charge is 0.361 e. The lowest BCUT2D eigenvalue weighted by Crippen LogP contribution is -2.11. The van der Waals surface area contributed by atoms with Gasteiger partial charge in [-0.05, 0) is 45.4 Å². The molecule has 0 N–H and O–H groups in total. The lowest BCUT2D eigenvalue weighted by atomic mass is 10.2. The van der Waals surface area contributed by atoms with E-state index in [1.54, 1.807) is 52.0 Å². The number of hydrogen-bond donors (Lipinski definition) is 0. The SMILES string of the molecule is CCOP(=O)(Cc1cccc(P(=O)(OCC)OCC)c1)OCC. The topological polar surface area (TPSA) is 71.1 Å². The highest BCUT2D eigenvalue weighted by atomic mass is 31.2. The first-order valence-electron chi connectivity index (χ1n) is 7.79. The molecular weight excluding hydrogens is 338 g/mol. The van der Waals surface area contributed by atoms with E-state index in [9.17, 15) is 9.13 Å². The van der Waals surface area contributed by atoms with Crippen LogP contribution in [0.1, 0.15) is 33.3 Å². The Hall–Kier alpha value is -0.480. The van der Waals surface area contributed by atoms with Crippen LogP contribution in [0.3, 0.4) is 0 Å². The van der Waals surface area contributed by atoms with Crippen LogP contribution in [0.2, 0.25) is 0 Å². The van der Waals surface area contributed by atoms with Gasteiger partial charge in [0, 0.05) is 0 Å². The first kappa shape index (κ1) is 20.6. The van der Waals surface area contributed by atoms with E-state index < -0.39 is 15.2 Å². The van der Waals surface area contributed by atoms with Crippen LogP contribution in [-0.2, 0) is 33.4 Å². The average molecular weight is 364 g/mol. The highest BCUT2D eigenvalue weighted by Crippen LogP contribution is 2.52. The fourth-order valence-electron chi connectivity index (χ4n) is 2.10. The number of benzene rings is 1. The lowest BCUT2D eigenvalue weighted by molar-refractivity contribution is 0.219. The summed E-state index contributed by atoms with van der Waals surface area (Å²) in [4.78, 5) is 0. The zero-order valence-corrected chi connectivity index (χ0v) is 16.0. The maximum Gasteiger partial charge on any atom is 0.361 e. The van der Waals surface area contributed by atoms with Crippen LogP contribution in [0.25, 0.3) is 0 Å². The van der Waals surface area contributed by atoms with E-state index in [-0.39, 0.29) is 19.4 Å². The van der Waals surface area contributed by atoms with Crippen molar-refractivity contribution in [2.75, 3.05) is 26.4 Å². The van der Waals surface area contributed by atoms with Gasteiger partial charge >= 0.3 is 15.2 Å². The van der Waals surface area contributed by atoms with Gasteiger partial charge in [0.15, 0.2) is 0 Å². The van der Waals surface area contributed by atoms with Crippen molar-refractivity contribution in [3.05, 3.63) is 29.8 Å². The summed E-state index contributed by atoms with van der Waals surface area (Å²) in [6.45, 7) is 8.19. The molecule has 0 amide bonds. The summed E-state index contributed by atoms with van der Waals surface area (Å²) < 4.78 is 46.7. The smallest absolute Gasteiger partial charge is 0.309 e. The third kappa shape index (κ3) is 6.15. The number of rotatable bonds is 11. The van der Waals surface area contributed by atoms with Crippen molar-refractivity contribution < 1.29 is 27.2 Å². The van der Waals surface area contributed by atoms with Crippen LogP contribution in [0, 0.1) is 0 Å². The second kappa shape index (κ2) is 9.73. The van der Waals surface area contributed by atoms with Crippen molar-refractivity contribution in [2.24, 2.45) is 0 Å². The molecule has 1 aromatic carbocycles. The third-order valence-electron chi connectivity index (χ3n) is 2.85. The summed E-state index contributed by atoms with van der Waals surface area (Å²) in [5.41, 5.74) is 0.701. The molecule has 0 aromatic heterocycles. The second-order valence-electron chi connectivity index (χ2n) is 4.61. The summed E-state index contributed by atoms with van der Waals surface area (Å²) >= 11 is 0. The van der Waals surface area contributed by atoms with Crippen molar-refractivity contribution in [3.8, 4) is 0 Å². The summed E-state index contributed by atoms with van der Waals surface area (Å²) in [6, 6.07) is 6.88. The molecule has 0 aliphatic rings. The van der Waals surface area contributed by atoms with Gasteiger partial charge in [-0.2, -0.15) is 0 Å². The molecule has 0 unspecified atom stereocenters. The minimum Gasteiger partial charge on any atom is -0.309 e. The summed E-state index contributed by atoms with van der Waals surface area (Å²) in [7, 11) is -6.58. The monoisotopic (exact) mass is 364 g/mol. The van der Waals surface area contributed by atoms with Crippen molar-refractivity contribution in [1.82, 2.24) is 0 Å². The Balaban J connectivity index is 3.08. The molecule has 0 heterocycles. The van der Waals surface area contributed by atoms with Crippen LogP contribution in [0.15, 0.2) is 24.3 Å². The molecule has 8 heteroatoms. The fraction of sp³-hybridized carbons (Fsp3) is 0.600. The molecule has 0 saturated heterocycles. The molecule has 132 valence electrons. The second-order valence-corrected chi connectivity index (χ2v) is 8.69. The van der Waals surface area contributed by atoms with Gasteiger partial charge in [-0.25, -0.2) is 0 Å². The molecular formula is C15H26O6P2. The Morgan fingerprint density at radius 2 is 1.35 bits per heavy atom. The van der Waals surface area contributed by atoms with Crippen LogP contribution in [0.4, 0.5) is 0 Å². The Labute approximate surface area is 138 Å². The molecule has 0 atom stereocenters. The highest BCUT2D eigenvalue weighted by molar-refractivity contribution is 7.62. The molecule has 0 aliphatic heterocycles. The Morgan fingerprint density at radius 3 is 1.83 bits per heavy atom. The molecule has 0 aliphatic carbocycles. The van der Waals surface area contributed by atoms with Crippen molar-refractivity contribution in [1.29, 1.82) is 0 Å². The van der Waals surface area contributed by atoms with Gasteiger partial charge < -0.3 is 18.1 Å². The molecule has 0 spiro atoms. The molecule has 23 heavy (non-hydrogen) atoms. The van der Waals surface area contributed by atoms with E-state index in [2.05, 4.69) is 0 Å². The van der Waals surface area contributed by atoms with Crippen molar-refractivity contribution >= 4 is 20.5 Å². The van der Waals surface area contributed by atoms with E-state index in [1.165, 1.54) is 0 Å². The minimum absolute atomic E-state index is 0.112. The normalized spacial score (nSPS) is 12.5. The Bertz CT molecular complexity index is 555. The summed E-state index contributed by atoms with van der Waals surface area (Å²) in [5.74, 6) is 0. The summed E-state index contributed by atoms with van der Waals surface area (Å²) in [5, 5.41) is 0.443. The maximum atomic E-state index is 12.8. The molecule has 0 fully saturated rings. The van der Waals surface area contributed by atoms with Gasteiger partial charge in [0.2, 0.25) is 0 Å². The predicted octanol–water partition coefficient (Wildman–Crippen LogP) is 4.34. The molecule has 0 bridgehead atoms. The fourth-order valence-corrected chi connectivity index (χ4v) is 5.43. The first-order valence-corrected chi connectivity index (χ1v) is 11.1. The van der Waals surface area contributed by atoms with Crippen molar-refractivity contribution in [3.63, 3.8) is 0 Å². The Morgan fingerprint density at radius 1 is 0.826 bits per heavy atom. The van der Waals surface area contributed by atoms with Crippen LogP contribution in [-0.4, -0.2) is 26.4 Å². The van der Waals surface area contributed by atoms with Crippen LogP contribution in [0.5, 0.6) is 0 Å². The lowest BCUT2D eigenvalue weighted by Gasteiger charge is -2.19. The number of hydrogen-bond acceptors (Lipinski definition) is 6. The quantitative estimate of drug-likeness (QED) is 0.544. The first-order chi connectivity index (χ1) is 10.9. The van der Waals surface area contributed by atoms with E-state index in [0.717, 1.165) is 0 Å². The zero-order valence-electron chi connectivity index (χ0n) is 14.2. The standard InChI is InChI=1S/C15H26O6P2/c1-5-18-22(16,19-6-2)13-14-10-9-11-15(12-14)23(17,20-7-3)21-8-4/h9-12H,5-8,13H2,1-4H3. The predicted molar refractivity (Wildman–Crippen MR) is 91.5 cm³/mol. The maximum absolute atomic E-state index is 12.8. The van der Waals surface area contributed by atoms with E-state index in [0.29, 0.717) is 24.1 Å². The van der Waals surface area contributed by atoms with Gasteiger partial charge in [0.1, 0.15) is 0 Å². The third-order valence-corrected chi connectivity index (χ3v) is 7.02. The summed E-state index contributed by atoms with van der Waals surface area (Å²) in [6.07, 6.45) is 0.112. The van der Waals surface area contributed by atoms with Crippen LogP contribution >= 0.6 is 15.2 Å². The van der Waals surface area contributed by atoms with Gasteiger partial charge in [-0.1, -0.05) is 12.1 Å². The van der Waals surface area contributed by atoms with Gasteiger partial charge in [-0.15, -0.1) is 0 Å². The van der Waals surface area contributed by atoms with E-state index in [1.807, 2.05) is 0 Å². The molecule has 1 rings (SSSR count). The van der Waals surface area contributed by atoms with Crippen molar-refractivity contribution in [2.45, 2.75) is 33.9 Å². The van der Waals surface area contributed by atoms with Crippen LogP contribution < -0.4 is 5.30 Å². The molecule has 6 nitrogen and oxygen atoms in total. The van der Waals surface area contributed by atoms with E-state index >= 15 is 0 Å². The van der Waals surface area contributed by atoms with Gasteiger partial charge in [0.25, 0.3) is 0 Å². The highest BCUT2D eigenvalue weighted by Gasteiger charge is 2.29. The van der Waals surface area contributed by atoms with Gasteiger partial charge in [0.05, 0.1) is 37.9 Å².